The van der Waals surface area contributed by atoms with Crippen LogP contribution in [0.15, 0.2) is 41.0 Å². The van der Waals surface area contributed by atoms with Crippen molar-refractivity contribution < 1.29 is 18.7 Å². The van der Waals surface area contributed by atoms with E-state index in [2.05, 4.69) is 25.0 Å². The first-order valence-electron chi connectivity index (χ1n) is 10.3. The third kappa shape index (κ3) is 4.56. The summed E-state index contributed by atoms with van der Waals surface area (Å²) in [6.45, 7) is 5.08. The fraction of sp³-hybridized carbons (Fsp3) is 0.409. The molecule has 1 N–H and O–H groups in total. The number of rotatable bonds is 7. The molecule has 1 aliphatic heterocycles. The SMILES string of the molecule is COc1ccc(OC)c(CN2CCc3nnc([C@H](C)NC(=O)c4ccco4)n3CC2)c1. The van der Waals surface area contributed by atoms with Crippen LogP contribution in [-0.4, -0.2) is 52.9 Å². The summed E-state index contributed by atoms with van der Waals surface area (Å²) in [6.07, 6.45) is 2.26. The Balaban J connectivity index is 1.44. The van der Waals surface area contributed by atoms with Crippen molar-refractivity contribution in [3.8, 4) is 11.5 Å². The summed E-state index contributed by atoms with van der Waals surface area (Å²) < 4.78 is 18.2. The van der Waals surface area contributed by atoms with E-state index in [1.54, 1.807) is 26.4 Å². The predicted octanol–water partition coefficient (Wildman–Crippen LogP) is 2.44. The summed E-state index contributed by atoms with van der Waals surface area (Å²) in [7, 11) is 3.34. The molecule has 2 aromatic heterocycles. The van der Waals surface area contributed by atoms with Crippen molar-refractivity contribution in [2.24, 2.45) is 0 Å². The molecule has 0 radical (unpaired) electrons. The minimum atomic E-state index is -0.288. The molecule has 0 bridgehead atoms. The Morgan fingerprint density at radius 2 is 2.06 bits per heavy atom. The molecule has 0 aliphatic carbocycles. The highest BCUT2D eigenvalue weighted by Crippen LogP contribution is 2.26. The lowest BCUT2D eigenvalue weighted by molar-refractivity contribution is 0.0909. The molecule has 9 nitrogen and oxygen atoms in total. The van der Waals surface area contributed by atoms with Gasteiger partial charge >= 0.3 is 0 Å². The number of carbonyl (C=O) groups excluding carboxylic acids is 1. The molecule has 9 heteroatoms. The lowest BCUT2D eigenvalue weighted by Crippen LogP contribution is -2.30. The van der Waals surface area contributed by atoms with Gasteiger partial charge in [-0.1, -0.05) is 0 Å². The van der Waals surface area contributed by atoms with Gasteiger partial charge in [0, 0.05) is 38.2 Å². The second-order valence-electron chi connectivity index (χ2n) is 7.50. The summed E-state index contributed by atoms with van der Waals surface area (Å²) in [5, 5.41) is 11.7. The zero-order valence-electron chi connectivity index (χ0n) is 18.0. The van der Waals surface area contributed by atoms with Gasteiger partial charge in [0.05, 0.1) is 26.5 Å². The van der Waals surface area contributed by atoms with Gasteiger partial charge in [0.15, 0.2) is 11.6 Å². The Morgan fingerprint density at radius 1 is 1.19 bits per heavy atom. The minimum absolute atomic E-state index is 0.268. The van der Waals surface area contributed by atoms with Gasteiger partial charge < -0.3 is 23.8 Å². The summed E-state index contributed by atoms with van der Waals surface area (Å²) >= 11 is 0. The smallest absolute Gasteiger partial charge is 0.287 e. The largest absolute Gasteiger partial charge is 0.497 e. The summed E-state index contributed by atoms with van der Waals surface area (Å²) in [5.41, 5.74) is 1.08. The summed E-state index contributed by atoms with van der Waals surface area (Å²) in [5.74, 6) is 3.34. The van der Waals surface area contributed by atoms with Gasteiger partial charge in [0.25, 0.3) is 5.91 Å². The molecule has 1 atom stereocenters. The van der Waals surface area contributed by atoms with Crippen LogP contribution in [0.5, 0.6) is 11.5 Å². The second kappa shape index (κ2) is 9.22. The van der Waals surface area contributed by atoms with Crippen LogP contribution in [0.1, 0.15) is 40.7 Å². The van der Waals surface area contributed by atoms with Crippen LogP contribution in [0.3, 0.4) is 0 Å². The third-order valence-corrected chi connectivity index (χ3v) is 5.51. The standard InChI is InChI=1S/C22H27N5O4/c1-15(23-22(28)19-5-4-12-31-19)21-25-24-20-8-9-26(10-11-27(20)21)14-16-13-17(29-2)6-7-18(16)30-3/h4-7,12-13,15H,8-11,14H2,1-3H3,(H,23,28)/t15-/m0/s1. The van der Waals surface area contributed by atoms with Crippen molar-refractivity contribution in [3.63, 3.8) is 0 Å². The number of nitrogens with one attached hydrogen (secondary N) is 1. The maximum Gasteiger partial charge on any atom is 0.287 e. The number of ether oxygens (including phenoxy) is 2. The average molecular weight is 425 g/mol. The van der Waals surface area contributed by atoms with E-state index in [1.165, 1.54) is 6.26 Å². The molecule has 0 fully saturated rings. The number of methoxy groups -OCH3 is 2. The van der Waals surface area contributed by atoms with E-state index >= 15 is 0 Å². The number of benzene rings is 1. The molecule has 3 heterocycles. The maximum atomic E-state index is 12.3. The van der Waals surface area contributed by atoms with Gasteiger partial charge in [-0.15, -0.1) is 10.2 Å². The zero-order valence-corrected chi connectivity index (χ0v) is 18.0. The Bertz CT molecular complexity index is 1030. The number of hydrogen-bond acceptors (Lipinski definition) is 7. The monoisotopic (exact) mass is 425 g/mol. The number of hydrogen-bond donors (Lipinski definition) is 1. The van der Waals surface area contributed by atoms with Crippen molar-refractivity contribution in [2.45, 2.75) is 32.5 Å². The van der Waals surface area contributed by atoms with Crippen LogP contribution >= 0.6 is 0 Å². The highest BCUT2D eigenvalue weighted by Gasteiger charge is 2.24. The molecule has 1 aromatic carbocycles. The highest BCUT2D eigenvalue weighted by molar-refractivity contribution is 5.91. The summed E-state index contributed by atoms with van der Waals surface area (Å²) in [4.78, 5) is 14.7. The molecule has 0 saturated carbocycles. The Labute approximate surface area is 181 Å². The molecule has 31 heavy (non-hydrogen) atoms. The van der Waals surface area contributed by atoms with E-state index in [9.17, 15) is 4.79 Å². The van der Waals surface area contributed by atoms with Crippen LogP contribution in [-0.2, 0) is 19.5 Å². The molecule has 0 unspecified atom stereocenters. The zero-order chi connectivity index (χ0) is 21.8. The first-order chi connectivity index (χ1) is 15.1. The topological polar surface area (TPSA) is 94.7 Å². The quantitative estimate of drug-likeness (QED) is 0.621. The molecule has 1 amide bonds. The van der Waals surface area contributed by atoms with E-state index in [0.29, 0.717) is 0 Å². The van der Waals surface area contributed by atoms with Crippen molar-refractivity contribution >= 4 is 5.91 Å². The molecular weight excluding hydrogens is 398 g/mol. The van der Waals surface area contributed by atoms with Gasteiger partial charge in [-0.3, -0.25) is 9.69 Å². The molecule has 3 aromatic rings. The van der Waals surface area contributed by atoms with Crippen LogP contribution < -0.4 is 14.8 Å². The van der Waals surface area contributed by atoms with E-state index in [1.807, 2.05) is 25.1 Å². The van der Waals surface area contributed by atoms with Crippen LogP contribution in [0.25, 0.3) is 0 Å². The first-order valence-corrected chi connectivity index (χ1v) is 10.3. The number of fused-ring (bicyclic) bond motifs is 1. The lowest BCUT2D eigenvalue weighted by atomic mass is 10.1. The number of nitrogens with zero attached hydrogens (tertiary/aromatic N) is 4. The molecular formula is C22H27N5O4. The maximum absolute atomic E-state index is 12.3. The summed E-state index contributed by atoms with van der Waals surface area (Å²) in [6, 6.07) is 8.88. The number of furan rings is 1. The average Bonchev–Trinajstić information content (AvgIpc) is 3.42. The van der Waals surface area contributed by atoms with E-state index in [4.69, 9.17) is 13.9 Å². The van der Waals surface area contributed by atoms with Gasteiger partial charge in [-0.2, -0.15) is 0 Å². The lowest BCUT2D eigenvalue weighted by Gasteiger charge is -2.21. The number of aromatic nitrogens is 3. The van der Waals surface area contributed by atoms with Gasteiger partial charge in [-0.05, 0) is 37.3 Å². The van der Waals surface area contributed by atoms with Crippen molar-refractivity contribution in [2.75, 3.05) is 27.3 Å². The van der Waals surface area contributed by atoms with Gasteiger partial charge in [0.2, 0.25) is 0 Å². The minimum Gasteiger partial charge on any atom is -0.497 e. The van der Waals surface area contributed by atoms with Gasteiger partial charge in [-0.25, -0.2) is 0 Å². The normalized spacial score (nSPS) is 15.1. The molecule has 1 aliphatic rings. The van der Waals surface area contributed by atoms with E-state index in [-0.39, 0.29) is 17.7 Å². The van der Waals surface area contributed by atoms with E-state index in [0.717, 1.165) is 61.3 Å². The first kappa shape index (κ1) is 20.9. The van der Waals surface area contributed by atoms with Crippen molar-refractivity contribution in [1.29, 1.82) is 0 Å². The second-order valence-corrected chi connectivity index (χ2v) is 7.50. The Hall–Kier alpha value is -3.33. The van der Waals surface area contributed by atoms with Crippen LogP contribution in [0, 0.1) is 0 Å². The number of carbonyl (C=O) groups is 1. The molecule has 0 saturated heterocycles. The third-order valence-electron chi connectivity index (χ3n) is 5.51. The van der Waals surface area contributed by atoms with E-state index < -0.39 is 0 Å². The van der Waals surface area contributed by atoms with Crippen LogP contribution in [0.4, 0.5) is 0 Å². The molecule has 164 valence electrons. The van der Waals surface area contributed by atoms with Gasteiger partial charge in [0.1, 0.15) is 17.3 Å². The molecule has 4 rings (SSSR count). The number of amides is 1. The predicted molar refractivity (Wildman–Crippen MR) is 113 cm³/mol. The van der Waals surface area contributed by atoms with Crippen molar-refractivity contribution in [1.82, 2.24) is 25.0 Å². The Kier molecular flexibility index (Phi) is 6.22. The molecule has 0 spiro atoms. The fourth-order valence-corrected chi connectivity index (χ4v) is 3.85. The fourth-order valence-electron chi connectivity index (χ4n) is 3.85. The Morgan fingerprint density at radius 3 is 2.81 bits per heavy atom. The van der Waals surface area contributed by atoms with Crippen LogP contribution in [0.2, 0.25) is 0 Å². The van der Waals surface area contributed by atoms with Crippen molar-refractivity contribution in [3.05, 3.63) is 59.6 Å². The highest BCUT2D eigenvalue weighted by atomic mass is 16.5.